The molecular weight excluding hydrogens is 446 g/mol. The first-order valence-corrected chi connectivity index (χ1v) is 12.0. The lowest BCUT2D eigenvalue weighted by atomic mass is 9.92. The molecule has 2 aliphatic rings. The molecule has 176 valence electrons. The average molecular weight is 472 g/mol. The SMILES string of the molecule is O=C1c2ccccc2N[C@@]2(C(=O)N(C/C=C/c3ccccc3)c3ccccc32)N1Cc1ccccc1. The third-order valence-corrected chi connectivity index (χ3v) is 6.84. The van der Waals surface area contributed by atoms with Crippen molar-refractivity contribution in [3.05, 3.63) is 138 Å². The highest BCUT2D eigenvalue weighted by atomic mass is 16.2. The summed E-state index contributed by atoms with van der Waals surface area (Å²) < 4.78 is 0. The van der Waals surface area contributed by atoms with Crippen molar-refractivity contribution in [1.82, 2.24) is 4.90 Å². The van der Waals surface area contributed by atoms with Crippen LogP contribution in [0.2, 0.25) is 0 Å². The first kappa shape index (κ1) is 21.9. The molecule has 0 radical (unpaired) electrons. The second-order valence-electron chi connectivity index (χ2n) is 9.00. The number of amides is 2. The van der Waals surface area contributed by atoms with Crippen LogP contribution in [0.4, 0.5) is 11.4 Å². The molecule has 0 fully saturated rings. The summed E-state index contributed by atoms with van der Waals surface area (Å²) in [5.41, 5.74) is 3.50. The Morgan fingerprint density at radius 1 is 0.750 bits per heavy atom. The van der Waals surface area contributed by atoms with E-state index in [-0.39, 0.29) is 11.8 Å². The zero-order valence-corrected chi connectivity index (χ0v) is 19.7. The fourth-order valence-corrected chi connectivity index (χ4v) is 5.15. The number of benzene rings is 4. The van der Waals surface area contributed by atoms with Crippen LogP contribution in [0, 0.1) is 0 Å². The molecule has 0 saturated carbocycles. The van der Waals surface area contributed by atoms with Crippen LogP contribution in [-0.2, 0) is 17.0 Å². The molecule has 0 aromatic heterocycles. The molecule has 5 nitrogen and oxygen atoms in total. The molecule has 1 spiro atoms. The lowest BCUT2D eigenvalue weighted by Crippen LogP contribution is -2.62. The van der Waals surface area contributed by atoms with Gasteiger partial charge in [0.05, 0.1) is 11.3 Å². The predicted molar refractivity (Wildman–Crippen MR) is 142 cm³/mol. The molecule has 1 N–H and O–H groups in total. The Bertz CT molecular complexity index is 1470. The van der Waals surface area contributed by atoms with Gasteiger partial charge in [-0.2, -0.15) is 0 Å². The number of nitrogens with zero attached hydrogens (tertiary/aromatic N) is 2. The molecule has 4 aromatic rings. The molecule has 0 aliphatic carbocycles. The topological polar surface area (TPSA) is 52.7 Å². The number of carbonyl (C=O) groups is 2. The summed E-state index contributed by atoms with van der Waals surface area (Å²) in [6.07, 6.45) is 4.00. The summed E-state index contributed by atoms with van der Waals surface area (Å²) in [6, 6.07) is 34.9. The van der Waals surface area contributed by atoms with E-state index in [2.05, 4.69) is 5.32 Å². The van der Waals surface area contributed by atoms with E-state index < -0.39 is 5.66 Å². The quantitative estimate of drug-likeness (QED) is 0.408. The summed E-state index contributed by atoms with van der Waals surface area (Å²) in [5, 5.41) is 3.51. The van der Waals surface area contributed by atoms with Gasteiger partial charge >= 0.3 is 0 Å². The smallest absolute Gasteiger partial charge is 0.279 e. The molecule has 2 aliphatic heterocycles. The van der Waals surface area contributed by atoms with Gasteiger partial charge in [0.1, 0.15) is 0 Å². The molecular formula is C31H25N3O2. The van der Waals surface area contributed by atoms with Gasteiger partial charge in [0.15, 0.2) is 0 Å². The largest absolute Gasteiger partial charge is 0.350 e. The fourth-order valence-electron chi connectivity index (χ4n) is 5.15. The maximum atomic E-state index is 14.4. The molecule has 6 rings (SSSR count). The van der Waals surface area contributed by atoms with Crippen LogP contribution in [-0.4, -0.2) is 23.3 Å². The van der Waals surface area contributed by atoms with Crippen LogP contribution < -0.4 is 10.2 Å². The van der Waals surface area contributed by atoms with Gasteiger partial charge in [-0.3, -0.25) is 14.5 Å². The molecule has 1 atom stereocenters. The zero-order valence-electron chi connectivity index (χ0n) is 19.7. The number of hydrogen-bond donors (Lipinski definition) is 1. The monoisotopic (exact) mass is 471 g/mol. The van der Waals surface area contributed by atoms with Gasteiger partial charge in [-0.15, -0.1) is 0 Å². The van der Waals surface area contributed by atoms with Gasteiger partial charge < -0.3 is 10.2 Å². The van der Waals surface area contributed by atoms with E-state index in [1.807, 2.05) is 115 Å². The zero-order chi connectivity index (χ0) is 24.5. The fraction of sp³-hybridized carbons (Fsp3) is 0.0968. The van der Waals surface area contributed by atoms with E-state index in [9.17, 15) is 9.59 Å². The maximum absolute atomic E-state index is 14.4. The molecule has 36 heavy (non-hydrogen) atoms. The molecule has 2 heterocycles. The van der Waals surface area contributed by atoms with E-state index >= 15 is 0 Å². The van der Waals surface area contributed by atoms with Crippen molar-refractivity contribution in [2.24, 2.45) is 0 Å². The van der Waals surface area contributed by atoms with E-state index in [0.29, 0.717) is 24.3 Å². The molecule has 5 heteroatoms. The van der Waals surface area contributed by atoms with E-state index in [1.165, 1.54) is 0 Å². The highest BCUT2D eigenvalue weighted by Crippen LogP contribution is 2.48. The molecule has 2 amide bonds. The lowest BCUT2D eigenvalue weighted by Gasteiger charge is -2.45. The summed E-state index contributed by atoms with van der Waals surface area (Å²) >= 11 is 0. The van der Waals surface area contributed by atoms with Crippen molar-refractivity contribution in [3.63, 3.8) is 0 Å². The molecule has 4 aromatic carbocycles. The molecule has 0 bridgehead atoms. The minimum Gasteiger partial charge on any atom is -0.350 e. The average Bonchev–Trinajstić information content (AvgIpc) is 3.15. The summed E-state index contributed by atoms with van der Waals surface area (Å²) in [6.45, 7) is 0.692. The Kier molecular flexibility index (Phi) is 5.38. The number of anilines is 2. The van der Waals surface area contributed by atoms with Crippen molar-refractivity contribution >= 4 is 29.3 Å². The van der Waals surface area contributed by atoms with Crippen LogP contribution in [0.5, 0.6) is 0 Å². The third kappa shape index (κ3) is 3.48. The Morgan fingerprint density at radius 2 is 1.42 bits per heavy atom. The number of hydrogen-bond acceptors (Lipinski definition) is 3. The van der Waals surface area contributed by atoms with Crippen LogP contribution in [0.1, 0.15) is 27.0 Å². The summed E-state index contributed by atoms with van der Waals surface area (Å²) in [7, 11) is 0. The van der Waals surface area contributed by atoms with Crippen LogP contribution in [0.15, 0.2) is 115 Å². The van der Waals surface area contributed by atoms with Crippen LogP contribution in [0.3, 0.4) is 0 Å². The van der Waals surface area contributed by atoms with Crippen molar-refractivity contribution in [2.75, 3.05) is 16.8 Å². The third-order valence-electron chi connectivity index (χ3n) is 6.84. The minimum absolute atomic E-state index is 0.166. The van der Waals surface area contributed by atoms with E-state index in [4.69, 9.17) is 0 Å². The summed E-state index contributed by atoms with van der Waals surface area (Å²) in [4.78, 5) is 31.8. The number of para-hydroxylation sites is 2. The Hall–Kier alpha value is -4.64. The van der Waals surface area contributed by atoms with Crippen LogP contribution in [0.25, 0.3) is 6.08 Å². The van der Waals surface area contributed by atoms with E-state index in [1.54, 1.807) is 15.9 Å². The molecule has 0 saturated heterocycles. The Morgan fingerprint density at radius 3 is 2.22 bits per heavy atom. The number of rotatable bonds is 5. The first-order chi connectivity index (χ1) is 17.7. The highest BCUT2D eigenvalue weighted by Gasteiger charge is 2.58. The van der Waals surface area contributed by atoms with Gasteiger partial charge in [0.25, 0.3) is 11.8 Å². The number of carbonyl (C=O) groups excluding carboxylic acids is 2. The van der Waals surface area contributed by atoms with Crippen molar-refractivity contribution < 1.29 is 9.59 Å². The maximum Gasteiger partial charge on any atom is 0.279 e. The van der Waals surface area contributed by atoms with E-state index in [0.717, 1.165) is 22.4 Å². The van der Waals surface area contributed by atoms with Crippen molar-refractivity contribution in [3.8, 4) is 0 Å². The van der Waals surface area contributed by atoms with Crippen molar-refractivity contribution in [2.45, 2.75) is 12.2 Å². The van der Waals surface area contributed by atoms with Gasteiger partial charge in [-0.05, 0) is 29.3 Å². The minimum atomic E-state index is -1.33. The van der Waals surface area contributed by atoms with Gasteiger partial charge in [-0.25, -0.2) is 0 Å². The predicted octanol–water partition coefficient (Wildman–Crippen LogP) is 5.67. The highest BCUT2D eigenvalue weighted by molar-refractivity contribution is 6.15. The van der Waals surface area contributed by atoms with Gasteiger partial charge in [0, 0.05) is 24.3 Å². The second-order valence-corrected chi connectivity index (χ2v) is 9.00. The summed E-state index contributed by atoms with van der Waals surface area (Å²) in [5.74, 6) is -0.335. The number of nitrogens with one attached hydrogen (secondary N) is 1. The first-order valence-electron chi connectivity index (χ1n) is 12.0. The van der Waals surface area contributed by atoms with Gasteiger partial charge in [0.2, 0.25) is 5.66 Å². The van der Waals surface area contributed by atoms with Crippen molar-refractivity contribution in [1.29, 1.82) is 0 Å². The second kappa shape index (κ2) is 8.86. The normalized spacial score (nSPS) is 18.4. The Balaban J connectivity index is 1.46. The Labute approximate surface area is 210 Å². The lowest BCUT2D eigenvalue weighted by molar-refractivity contribution is -0.127. The number of fused-ring (bicyclic) bond motifs is 3. The van der Waals surface area contributed by atoms with Gasteiger partial charge in [-0.1, -0.05) is 103 Å². The standard InChI is InChI=1S/C31H25N3O2/c35-29-25-17-7-9-19-27(25)32-31(34(29)22-24-14-5-2-6-15-24)26-18-8-10-20-28(26)33(30(31)36)21-11-16-23-12-3-1-4-13-23/h1-20,32H,21-22H2/b16-11+/t31-/m1/s1. The van der Waals surface area contributed by atoms with Crippen LogP contribution >= 0.6 is 0 Å². The molecule has 0 unspecified atom stereocenters.